The van der Waals surface area contributed by atoms with Crippen molar-refractivity contribution in [2.45, 2.75) is 25.7 Å². The Bertz CT molecular complexity index is 461. The van der Waals surface area contributed by atoms with Crippen molar-refractivity contribution in [2.75, 3.05) is 0 Å². The van der Waals surface area contributed by atoms with Crippen LogP contribution in [-0.4, -0.2) is 5.78 Å². The molecule has 3 heteroatoms. The Morgan fingerprint density at radius 3 is 2.71 bits per heavy atom. The summed E-state index contributed by atoms with van der Waals surface area (Å²) in [6.45, 7) is 0. The molecule has 0 bridgehead atoms. The molecular weight excluding hydrogens is 239 g/mol. The molecule has 0 spiro atoms. The van der Waals surface area contributed by atoms with Gasteiger partial charge in [0.1, 0.15) is 11.6 Å². The number of rotatable bonds is 3. The van der Waals surface area contributed by atoms with Crippen LogP contribution >= 0.6 is 11.6 Å². The highest BCUT2D eigenvalue weighted by Gasteiger charge is 2.47. The van der Waals surface area contributed by atoms with Gasteiger partial charge >= 0.3 is 0 Å². The third-order valence-corrected chi connectivity index (χ3v) is 4.39. The summed E-state index contributed by atoms with van der Waals surface area (Å²) in [5.41, 5.74) is 0.433. The van der Waals surface area contributed by atoms with E-state index in [0.717, 1.165) is 24.7 Å². The van der Waals surface area contributed by atoms with Gasteiger partial charge in [-0.2, -0.15) is 0 Å². The first-order valence-corrected chi connectivity index (χ1v) is 6.48. The van der Waals surface area contributed by atoms with Crippen molar-refractivity contribution in [3.63, 3.8) is 0 Å². The molecule has 0 aromatic heterocycles. The van der Waals surface area contributed by atoms with Gasteiger partial charge < -0.3 is 0 Å². The fraction of sp³-hybridized carbons (Fsp3) is 0.500. The predicted molar refractivity (Wildman–Crippen MR) is 64.4 cm³/mol. The minimum absolute atomic E-state index is 0.101. The number of ketones is 1. The SMILES string of the molecule is O=C(Cc1cccc(Cl)c1F)C1CC2CC2C1. The van der Waals surface area contributed by atoms with Crippen molar-refractivity contribution in [1.82, 2.24) is 0 Å². The van der Waals surface area contributed by atoms with E-state index in [1.165, 1.54) is 12.5 Å². The average molecular weight is 253 g/mol. The summed E-state index contributed by atoms with van der Waals surface area (Å²) in [6, 6.07) is 4.85. The molecule has 2 unspecified atom stereocenters. The van der Waals surface area contributed by atoms with Crippen LogP contribution in [0.2, 0.25) is 5.02 Å². The molecule has 1 aromatic rings. The molecule has 2 fully saturated rings. The smallest absolute Gasteiger partial charge is 0.145 e. The first kappa shape index (κ1) is 11.2. The lowest BCUT2D eigenvalue weighted by atomic mass is 9.93. The molecule has 0 amide bonds. The van der Waals surface area contributed by atoms with Gasteiger partial charge in [0, 0.05) is 12.3 Å². The Morgan fingerprint density at radius 1 is 1.29 bits per heavy atom. The van der Waals surface area contributed by atoms with Crippen LogP contribution in [0.15, 0.2) is 18.2 Å². The van der Waals surface area contributed by atoms with Crippen LogP contribution in [0.25, 0.3) is 0 Å². The van der Waals surface area contributed by atoms with Crippen LogP contribution in [0.5, 0.6) is 0 Å². The average Bonchev–Trinajstić information content (AvgIpc) is 2.92. The van der Waals surface area contributed by atoms with E-state index in [1.807, 2.05) is 0 Å². The molecule has 0 N–H and O–H groups in total. The van der Waals surface area contributed by atoms with Crippen LogP contribution in [0.1, 0.15) is 24.8 Å². The van der Waals surface area contributed by atoms with Gasteiger partial charge in [0.25, 0.3) is 0 Å². The predicted octanol–water partition coefficient (Wildman–Crippen LogP) is 3.64. The molecule has 2 saturated carbocycles. The number of fused-ring (bicyclic) bond motifs is 1. The molecule has 2 aliphatic carbocycles. The third kappa shape index (κ3) is 2.11. The summed E-state index contributed by atoms with van der Waals surface area (Å²) in [5, 5.41) is 0.101. The number of hydrogen-bond acceptors (Lipinski definition) is 1. The Labute approximate surface area is 105 Å². The molecule has 1 aromatic carbocycles. The molecule has 1 nitrogen and oxygen atoms in total. The lowest BCUT2D eigenvalue weighted by Crippen LogP contribution is -2.16. The molecule has 17 heavy (non-hydrogen) atoms. The van der Waals surface area contributed by atoms with Crippen LogP contribution in [0.4, 0.5) is 4.39 Å². The monoisotopic (exact) mass is 252 g/mol. The van der Waals surface area contributed by atoms with Crippen molar-refractivity contribution in [3.05, 3.63) is 34.6 Å². The first-order chi connectivity index (χ1) is 8.15. The van der Waals surface area contributed by atoms with Gasteiger partial charge in [0.15, 0.2) is 0 Å². The maximum Gasteiger partial charge on any atom is 0.145 e. The maximum absolute atomic E-state index is 13.7. The van der Waals surface area contributed by atoms with Gasteiger partial charge in [-0.05, 0) is 42.7 Å². The molecular formula is C14H14ClFO. The second-order valence-corrected chi connectivity index (χ2v) is 5.69. The van der Waals surface area contributed by atoms with E-state index in [-0.39, 0.29) is 23.1 Å². The minimum atomic E-state index is -0.439. The van der Waals surface area contributed by atoms with E-state index in [1.54, 1.807) is 12.1 Å². The van der Waals surface area contributed by atoms with Crippen molar-refractivity contribution < 1.29 is 9.18 Å². The first-order valence-electron chi connectivity index (χ1n) is 6.10. The largest absolute Gasteiger partial charge is 0.299 e. The maximum atomic E-state index is 13.7. The van der Waals surface area contributed by atoms with Gasteiger partial charge in [-0.1, -0.05) is 23.7 Å². The van der Waals surface area contributed by atoms with Gasteiger partial charge in [-0.3, -0.25) is 4.79 Å². The van der Waals surface area contributed by atoms with E-state index < -0.39 is 5.82 Å². The molecule has 2 atom stereocenters. The van der Waals surface area contributed by atoms with Crippen molar-refractivity contribution in [3.8, 4) is 0 Å². The molecule has 0 saturated heterocycles. The van der Waals surface area contributed by atoms with E-state index >= 15 is 0 Å². The Morgan fingerprint density at radius 2 is 2.00 bits per heavy atom. The van der Waals surface area contributed by atoms with Gasteiger partial charge in [0.05, 0.1) is 5.02 Å². The van der Waals surface area contributed by atoms with Crippen molar-refractivity contribution >= 4 is 17.4 Å². The van der Waals surface area contributed by atoms with Crippen molar-refractivity contribution in [1.29, 1.82) is 0 Å². The lowest BCUT2D eigenvalue weighted by Gasteiger charge is -2.11. The quantitative estimate of drug-likeness (QED) is 0.803. The molecule has 2 aliphatic rings. The number of carbonyl (C=O) groups is 1. The Balaban J connectivity index is 1.69. The highest BCUT2D eigenvalue weighted by Crippen LogP contribution is 2.54. The molecule has 0 radical (unpaired) electrons. The second-order valence-electron chi connectivity index (χ2n) is 5.28. The lowest BCUT2D eigenvalue weighted by molar-refractivity contribution is -0.122. The van der Waals surface area contributed by atoms with Gasteiger partial charge in [-0.15, -0.1) is 0 Å². The standard InChI is InChI=1S/C14H14ClFO/c15-12-3-1-2-8(14(12)16)7-13(17)11-5-9-4-10(9)6-11/h1-3,9-11H,4-7H2. The number of Topliss-reactive ketones (excluding diaryl/α,β-unsaturated/α-hetero) is 1. The van der Waals surface area contributed by atoms with E-state index in [0.29, 0.717) is 5.56 Å². The highest BCUT2D eigenvalue weighted by molar-refractivity contribution is 6.30. The minimum Gasteiger partial charge on any atom is -0.299 e. The van der Waals surface area contributed by atoms with Crippen LogP contribution in [0.3, 0.4) is 0 Å². The zero-order chi connectivity index (χ0) is 12.0. The topological polar surface area (TPSA) is 17.1 Å². The van der Waals surface area contributed by atoms with Crippen molar-refractivity contribution in [2.24, 2.45) is 17.8 Å². The fourth-order valence-electron chi connectivity index (χ4n) is 2.99. The summed E-state index contributed by atoms with van der Waals surface area (Å²) in [5.74, 6) is 1.47. The number of hydrogen-bond donors (Lipinski definition) is 0. The molecule has 90 valence electrons. The number of benzene rings is 1. The van der Waals surface area contributed by atoms with Crippen LogP contribution in [0, 0.1) is 23.6 Å². The van der Waals surface area contributed by atoms with E-state index in [4.69, 9.17) is 11.6 Å². The number of halogens is 2. The normalized spacial score (nSPS) is 30.1. The Hall–Kier alpha value is -0.890. The zero-order valence-electron chi connectivity index (χ0n) is 9.46. The van der Waals surface area contributed by atoms with Crippen LogP contribution in [-0.2, 0) is 11.2 Å². The van der Waals surface area contributed by atoms with E-state index in [9.17, 15) is 9.18 Å². The highest BCUT2D eigenvalue weighted by atomic mass is 35.5. The van der Waals surface area contributed by atoms with E-state index in [2.05, 4.69) is 0 Å². The summed E-state index contributed by atoms with van der Waals surface area (Å²) in [7, 11) is 0. The summed E-state index contributed by atoms with van der Waals surface area (Å²) in [6.07, 6.45) is 3.53. The van der Waals surface area contributed by atoms with Gasteiger partial charge in [-0.25, -0.2) is 4.39 Å². The summed E-state index contributed by atoms with van der Waals surface area (Å²) >= 11 is 5.70. The molecule has 0 heterocycles. The Kier molecular flexibility index (Phi) is 2.70. The third-order valence-electron chi connectivity index (χ3n) is 4.10. The van der Waals surface area contributed by atoms with Gasteiger partial charge in [0.2, 0.25) is 0 Å². The number of carbonyl (C=O) groups excluding carboxylic acids is 1. The summed E-state index contributed by atoms with van der Waals surface area (Å²) in [4.78, 5) is 12.0. The summed E-state index contributed by atoms with van der Waals surface area (Å²) < 4.78 is 13.7. The zero-order valence-corrected chi connectivity index (χ0v) is 10.2. The molecule has 0 aliphatic heterocycles. The fourth-order valence-corrected chi connectivity index (χ4v) is 3.19. The second kappa shape index (κ2) is 4.09. The van der Waals surface area contributed by atoms with Crippen LogP contribution < -0.4 is 0 Å². The molecule has 3 rings (SSSR count).